The molecule has 0 atom stereocenters. The predicted octanol–water partition coefficient (Wildman–Crippen LogP) is 7.08. The number of halogens is 2. The van der Waals surface area contributed by atoms with Gasteiger partial charge in [0.15, 0.2) is 0 Å². The van der Waals surface area contributed by atoms with Gasteiger partial charge in [-0.2, -0.15) is 0 Å². The number of cyclic esters (lactones) is 1. The minimum absolute atomic E-state index is 0.350. The second-order valence-electron chi connectivity index (χ2n) is 6.97. The Kier molecular flexibility index (Phi) is 6.21. The molecule has 0 aliphatic carbocycles. The number of carbonyl (C=O) groups excluding carboxylic acids is 1. The second-order valence-corrected chi connectivity index (χ2v) is 8.74. The molecular formula is C25H18Br2O3. The van der Waals surface area contributed by atoms with Crippen molar-refractivity contribution < 1.29 is 14.3 Å². The predicted molar refractivity (Wildman–Crippen MR) is 126 cm³/mol. The fourth-order valence-corrected chi connectivity index (χ4v) is 3.77. The van der Waals surface area contributed by atoms with Crippen LogP contribution in [0.25, 0.3) is 11.8 Å². The van der Waals surface area contributed by atoms with E-state index in [2.05, 4.69) is 31.9 Å². The van der Waals surface area contributed by atoms with Gasteiger partial charge < -0.3 is 9.47 Å². The van der Waals surface area contributed by atoms with Crippen LogP contribution in [0, 0.1) is 6.92 Å². The zero-order valence-electron chi connectivity index (χ0n) is 16.2. The van der Waals surface area contributed by atoms with Crippen molar-refractivity contribution in [2.75, 3.05) is 0 Å². The molecule has 30 heavy (non-hydrogen) atoms. The first-order valence-corrected chi connectivity index (χ1v) is 11.0. The molecule has 1 heterocycles. The molecule has 0 saturated carbocycles. The summed E-state index contributed by atoms with van der Waals surface area (Å²) >= 11 is 6.99. The molecule has 1 aliphatic heterocycles. The Hall–Kier alpha value is -2.63. The van der Waals surface area contributed by atoms with E-state index in [0.29, 0.717) is 17.9 Å². The molecule has 4 rings (SSSR count). The number of hydrogen-bond acceptors (Lipinski definition) is 3. The van der Waals surface area contributed by atoms with Crippen LogP contribution < -0.4 is 4.74 Å². The average Bonchev–Trinajstić information content (AvgIpc) is 3.09. The molecular weight excluding hydrogens is 508 g/mol. The molecule has 0 amide bonds. The lowest BCUT2D eigenvalue weighted by Gasteiger charge is -2.09. The molecule has 5 heteroatoms. The summed E-state index contributed by atoms with van der Waals surface area (Å²) in [6.07, 6.45) is 3.59. The summed E-state index contributed by atoms with van der Waals surface area (Å²) in [7, 11) is 0. The van der Waals surface area contributed by atoms with Gasteiger partial charge in [0.2, 0.25) is 0 Å². The van der Waals surface area contributed by atoms with Gasteiger partial charge in [-0.05, 0) is 70.4 Å². The van der Waals surface area contributed by atoms with E-state index in [1.807, 2.05) is 79.7 Å². The number of rotatable bonds is 5. The molecule has 150 valence electrons. The van der Waals surface area contributed by atoms with Gasteiger partial charge in [-0.15, -0.1) is 0 Å². The van der Waals surface area contributed by atoms with E-state index in [1.54, 1.807) is 6.08 Å². The van der Waals surface area contributed by atoms with E-state index < -0.39 is 0 Å². The first kappa shape index (κ1) is 20.6. The summed E-state index contributed by atoms with van der Waals surface area (Å²) in [6.45, 7) is 2.50. The molecule has 0 bridgehead atoms. The second kappa shape index (κ2) is 9.02. The number of esters is 1. The van der Waals surface area contributed by atoms with Gasteiger partial charge in [-0.25, -0.2) is 4.79 Å². The molecule has 0 aromatic heterocycles. The van der Waals surface area contributed by atoms with Gasteiger partial charge in [0.1, 0.15) is 18.1 Å². The fourth-order valence-electron chi connectivity index (χ4n) is 2.99. The number of carbonyl (C=O) groups is 1. The lowest BCUT2D eigenvalue weighted by molar-refractivity contribution is -0.130. The van der Waals surface area contributed by atoms with Crippen LogP contribution in [-0.2, 0) is 16.1 Å². The fraction of sp³-hybridized carbons (Fsp3) is 0.0800. The monoisotopic (exact) mass is 524 g/mol. The SMILES string of the molecule is Cc1ccc(C2=C/C(=C\c3ccc(OCc4ccc(Br)cc4)c(Br)c3)C(=O)O2)cc1. The van der Waals surface area contributed by atoms with Crippen molar-refractivity contribution in [3.63, 3.8) is 0 Å². The summed E-state index contributed by atoms with van der Waals surface area (Å²) in [5.74, 6) is 0.960. The van der Waals surface area contributed by atoms with Crippen molar-refractivity contribution in [2.24, 2.45) is 0 Å². The van der Waals surface area contributed by atoms with Crippen LogP contribution in [0.3, 0.4) is 0 Å². The van der Waals surface area contributed by atoms with E-state index in [0.717, 1.165) is 36.9 Å². The van der Waals surface area contributed by atoms with Crippen LogP contribution in [0.15, 0.2) is 87.3 Å². The Morgan fingerprint density at radius 2 is 1.70 bits per heavy atom. The molecule has 0 unspecified atom stereocenters. The number of benzene rings is 3. The molecule has 0 radical (unpaired) electrons. The topological polar surface area (TPSA) is 35.5 Å². The summed E-state index contributed by atoms with van der Waals surface area (Å²) < 4.78 is 13.2. The molecule has 0 saturated heterocycles. The molecule has 1 aliphatic rings. The lowest BCUT2D eigenvalue weighted by Crippen LogP contribution is -1.98. The summed E-state index contributed by atoms with van der Waals surface area (Å²) in [6, 6.07) is 21.6. The highest BCUT2D eigenvalue weighted by Crippen LogP contribution is 2.31. The molecule has 3 aromatic rings. The van der Waals surface area contributed by atoms with Crippen molar-refractivity contribution in [3.05, 3.63) is 110 Å². The third-order valence-electron chi connectivity index (χ3n) is 4.65. The highest BCUT2D eigenvalue weighted by atomic mass is 79.9. The van der Waals surface area contributed by atoms with Crippen LogP contribution in [0.4, 0.5) is 0 Å². The minimum Gasteiger partial charge on any atom is -0.488 e. The van der Waals surface area contributed by atoms with Crippen molar-refractivity contribution in [3.8, 4) is 5.75 Å². The van der Waals surface area contributed by atoms with Gasteiger partial charge in [-0.1, -0.05) is 64.0 Å². The highest BCUT2D eigenvalue weighted by Gasteiger charge is 2.22. The molecule has 0 fully saturated rings. The molecule has 0 spiro atoms. The first-order chi connectivity index (χ1) is 14.5. The van der Waals surface area contributed by atoms with E-state index in [-0.39, 0.29) is 5.97 Å². The third kappa shape index (κ3) is 4.91. The lowest BCUT2D eigenvalue weighted by atomic mass is 10.1. The number of aryl methyl sites for hydroxylation is 1. The molecule has 3 aromatic carbocycles. The molecule has 0 N–H and O–H groups in total. The average molecular weight is 526 g/mol. The maximum Gasteiger partial charge on any atom is 0.343 e. The highest BCUT2D eigenvalue weighted by molar-refractivity contribution is 9.10. The van der Waals surface area contributed by atoms with Gasteiger partial charge in [0.25, 0.3) is 0 Å². The zero-order chi connectivity index (χ0) is 21.1. The quantitative estimate of drug-likeness (QED) is 0.263. The van der Waals surface area contributed by atoms with Crippen molar-refractivity contribution in [1.29, 1.82) is 0 Å². The van der Waals surface area contributed by atoms with Crippen molar-refractivity contribution in [2.45, 2.75) is 13.5 Å². The Morgan fingerprint density at radius 1 is 0.967 bits per heavy atom. The summed E-state index contributed by atoms with van der Waals surface area (Å²) in [5, 5.41) is 0. The summed E-state index contributed by atoms with van der Waals surface area (Å²) in [5.41, 5.74) is 4.52. The van der Waals surface area contributed by atoms with Gasteiger partial charge in [-0.3, -0.25) is 0 Å². The maximum absolute atomic E-state index is 12.3. The van der Waals surface area contributed by atoms with Crippen LogP contribution in [0.2, 0.25) is 0 Å². The largest absolute Gasteiger partial charge is 0.488 e. The number of ether oxygens (including phenoxy) is 2. The maximum atomic E-state index is 12.3. The number of hydrogen-bond donors (Lipinski definition) is 0. The van der Waals surface area contributed by atoms with Gasteiger partial charge in [0, 0.05) is 10.0 Å². The standard InChI is InChI=1S/C25H18Br2O3/c1-16-2-7-19(8-3-16)24-14-20(25(28)30-24)12-18-6-11-23(22(27)13-18)29-15-17-4-9-21(26)10-5-17/h2-14H,15H2,1H3/b20-12+. The van der Waals surface area contributed by atoms with Crippen LogP contribution in [0.5, 0.6) is 5.75 Å². The van der Waals surface area contributed by atoms with Crippen LogP contribution in [0.1, 0.15) is 22.3 Å². The van der Waals surface area contributed by atoms with Gasteiger partial charge >= 0.3 is 5.97 Å². The van der Waals surface area contributed by atoms with Crippen molar-refractivity contribution >= 4 is 49.7 Å². The van der Waals surface area contributed by atoms with Crippen molar-refractivity contribution in [1.82, 2.24) is 0 Å². The Morgan fingerprint density at radius 3 is 2.40 bits per heavy atom. The van der Waals surface area contributed by atoms with Crippen LogP contribution >= 0.6 is 31.9 Å². The van der Waals surface area contributed by atoms with E-state index in [9.17, 15) is 4.79 Å². The van der Waals surface area contributed by atoms with E-state index in [4.69, 9.17) is 9.47 Å². The third-order valence-corrected chi connectivity index (χ3v) is 5.80. The normalized spacial score (nSPS) is 14.6. The van der Waals surface area contributed by atoms with E-state index >= 15 is 0 Å². The van der Waals surface area contributed by atoms with Crippen LogP contribution in [-0.4, -0.2) is 5.97 Å². The molecule has 3 nitrogen and oxygen atoms in total. The summed E-state index contributed by atoms with van der Waals surface area (Å²) in [4.78, 5) is 12.3. The first-order valence-electron chi connectivity index (χ1n) is 9.37. The smallest absolute Gasteiger partial charge is 0.343 e. The Balaban J connectivity index is 1.49. The Bertz CT molecular complexity index is 1140. The van der Waals surface area contributed by atoms with E-state index in [1.165, 1.54) is 0 Å². The minimum atomic E-state index is -0.350. The Labute approximate surface area is 192 Å². The van der Waals surface area contributed by atoms with Gasteiger partial charge in [0.05, 0.1) is 10.0 Å². The zero-order valence-corrected chi connectivity index (χ0v) is 19.4.